The van der Waals surface area contributed by atoms with E-state index in [2.05, 4.69) is 20.8 Å². The van der Waals surface area contributed by atoms with Gasteiger partial charge in [0.2, 0.25) is 0 Å². The van der Waals surface area contributed by atoms with Crippen LogP contribution in [0.15, 0.2) is 23.8 Å². The van der Waals surface area contributed by atoms with Gasteiger partial charge in [-0.1, -0.05) is 26.3 Å². The van der Waals surface area contributed by atoms with Crippen molar-refractivity contribution in [2.45, 2.75) is 128 Å². The summed E-state index contributed by atoms with van der Waals surface area (Å²) < 4.78 is 0. The second-order valence-electron chi connectivity index (χ2n) is 16.4. The van der Waals surface area contributed by atoms with E-state index in [0.29, 0.717) is 53.5 Å². The summed E-state index contributed by atoms with van der Waals surface area (Å²) in [6.45, 7) is 7.16. The van der Waals surface area contributed by atoms with Crippen molar-refractivity contribution < 1.29 is 20.1 Å². The fourth-order valence-corrected chi connectivity index (χ4v) is 13.0. The van der Waals surface area contributed by atoms with Crippen LogP contribution in [0.4, 0.5) is 0 Å². The molecule has 0 amide bonds. The molecule has 5 saturated carbocycles. The summed E-state index contributed by atoms with van der Waals surface area (Å²) in [6.07, 6.45) is 15.9. The third kappa shape index (κ3) is 3.39. The molecule has 4 heteroatoms. The summed E-state index contributed by atoms with van der Waals surface area (Å²) in [5.41, 5.74) is 4.13. The van der Waals surface area contributed by atoms with Gasteiger partial charge in [-0.2, -0.15) is 0 Å². The molecule has 1 aromatic rings. The van der Waals surface area contributed by atoms with Crippen LogP contribution in [0.5, 0.6) is 5.75 Å². The van der Waals surface area contributed by atoms with Crippen LogP contribution in [-0.2, 0) is 16.8 Å². The number of aliphatic hydroxyl groups is 2. The molecule has 0 bridgehead atoms. The van der Waals surface area contributed by atoms with Crippen LogP contribution in [0, 0.1) is 45.8 Å². The normalized spacial score (nSPS) is 50.1. The molecule has 7 aliphatic carbocycles. The summed E-state index contributed by atoms with van der Waals surface area (Å²) in [5.74, 6) is 3.82. The van der Waals surface area contributed by atoms with Gasteiger partial charge in [-0.3, -0.25) is 4.79 Å². The lowest BCUT2D eigenvalue weighted by molar-refractivity contribution is -0.134. The molecule has 0 unspecified atom stereocenters. The van der Waals surface area contributed by atoms with Crippen molar-refractivity contribution in [1.29, 1.82) is 0 Å². The summed E-state index contributed by atoms with van der Waals surface area (Å²) in [7, 11) is 0. The van der Waals surface area contributed by atoms with Crippen LogP contribution < -0.4 is 0 Å². The Labute approximate surface area is 246 Å². The van der Waals surface area contributed by atoms with E-state index in [0.717, 1.165) is 89.0 Å². The Morgan fingerprint density at radius 1 is 0.780 bits per heavy atom. The summed E-state index contributed by atoms with van der Waals surface area (Å²) >= 11 is 0. The molecule has 7 aliphatic rings. The average Bonchev–Trinajstić information content (AvgIpc) is 3.41. The number of aliphatic hydroxyl groups excluding tert-OH is 1. The number of phenols is 1. The van der Waals surface area contributed by atoms with Gasteiger partial charge in [-0.15, -0.1) is 0 Å². The van der Waals surface area contributed by atoms with Gasteiger partial charge in [-0.05, 0) is 165 Å². The zero-order chi connectivity index (χ0) is 28.5. The van der Waals surface area contributed by atoms with Crippen LogP contribution in [0.1, 0.15) is 127 Å². The highest BCUT2D eigenvalue weighted by Gasteiger charge is 2.65. The summed E-state index contributed by atoms with van der Waals surface area (Å²) in [5, 5.41) is 35.1. The molecule has 8 rings (SSSR count). The number of rotatable bonds is 1. The molecule has 0 aromatic heterocycles. The van der Waals surface area contributed by atoms with E-state index in [1.165, 1.54) is 16.7 Å². The first-order valence-corrected chi connectivity index (χ1v) is 17.0. The molecule has 3 N–H and O–H groups in total. The van der Waals surface area contributed by atoms with Crippen molar-refractivity contribution >= 4 is 5.78 Å². The highest BCUT2D eigenvalue weighted by Crippen LogP contribution is 2.71. The number of fused-ring (bicyclic) bond motifs is 10. The Kier molecular flexibility index (Phi) is 5.73. The number of carbonyl (C=O) groups excluding carboxylic acids is 1. The first-order chi connectivity index (χ1) is 19.5. The lowest BCUT2D eigenvalue weighted by Crippen LogP contribution is -2.54. The minimum atomic E-state index is -0.928. The van der Waals surface area contributed by atoms with E-state index >= 15 is 0 Å². The van der Waals surface area contributed by atoms with Crippen LogP contribution >= 0.6 is 0 Å². The number of aryl methyl sites for hydroxylation is 1. The predicted molar refractivity (Wildman–Crippen MR) is 159 cm³/mol. The first-order valence-electron chi connectivity index (χ1n) is 17.0. The van der Waals surface area contributed by atoms with Gasteiger partial charge in [0.25, 0.3) is 0 Å². The summed E-state index contributed by atoms with van der Waals surface area (Å²) in [6, 6.07) is 3.97. The van der Waals surface area contributed by atoms with Gasteiger partial charge in [0.15, 0.2) is 5.78 Å². The van der Waals surface area contributed by atoms with Crippen molar-refractivity contribution in [3.8, 4) is 5.75 Å². The number of hydrogen-bond acceptors (Lipinski definition) is 4. The smallest absolute Gasteiger partial charge is 0.155 e. The Bertz CT molecular complexity index is 1330. The molecule has 41 heavy (non-hydrogen) atoms. The minimum Gasteiger partial charge on any atom is -0.508 e. The standard InChI is InChI=1S/C37H50O4/c1-34-14-10-23(38)19-22(34)5-7-27-29(34)12-16-36(3)30(27)13-17-37(36,41)31-20-24(39)18-21-4-6-25-26(33(21)31)11-15-35(2)28(25)8-9-32(35)40/h18-20,25-30,32,39-41H,4-17H2,1-3H3/t25-,26+,27-,28+,29+,30+,32-,34+,35+,36+,37-/m1/s1. The van der Waals surface area contributed by atoms with E-state index in [9.17, 15) is 20.1 Å². The number of allylic oxidation sites excluding steroid dienone is 1. The van der Waals surface area contributed by atoms with Crippen LogP contribution in [0.2, 0.25) is 0 Å². The number of carbonyl (C=O) groups is 1. The van der Waals surface area contributed by atoms with Crippen LogP contribution in [0.3, 0.4) is 0 Å². The molecule has 0 saturated heterocycles. The molecule has 0 spiro atoms. The number of aromatic hydroxyl groups is 1. The zero-order valence-corrected chi connectivity index (χ0v) is 25.4. The van der Waals surface area contributed by atoms with Crippen molar-refractivity contribution in [1.82, 2.24) is 0 Å². The molecule has 0 heterocycles. The summed E-state index contributed by atoms with van der Waals surface area (Å²) in [4.78, 5) is 12.3. The number of benzene rings is 1. The Hall–Kier alpha value is -1.65. The molecule has 5 fully saturated rings. The van der Waals surface area contributed by atoms with Gasteiger partial charge >= 0.3 is 0 Å². The van der Waals surface area contributed by atoms with E-state index in [-0.39, 0.29) is 22.3 Å². The molecule has 0 aliphatic heterocycles. The highest BCUT2D eigenvalue weighted by atomic mass is 16.3. The second kappa shape index (κ2) is 8.72. The Morgan fingerprint density at radius 3 is 2.39 bits per heavy atom. The maximum atomic E-state index is 13.1. The SMILES string of the molecule is C[C@]12CC[C@@H]3c4c(cc(O)cc4[C@]4(O)CC[C@H]5[C@@H]6CCC7=CC(=O)CC[C@]7(C)[C@H]6CC[C@@]54C)CC[C@H]3[C@@H]1CC[C@H]2O. The number of hydrogen-bond donors (Lipinski definition) is 3. The van der Waals surface area contributed by atoms with Gasteiger partial charge in [-0.25, -0.2) is 0 Å². The predicted octanol–water partition coefficient (Wildman–Crippen LogP) is 7.33. The topological polar surface area (TPSA) is 77.8 Å². The van der Waals surface area contributed by atoms with E-state index in [1.54, 1.807) is 0 Å². The minimum absolute atomic E-state index is 0.0313. The van der Waals surface area contributed by atoms with Crippen molar-refractivity contribution in [2.75, 3.05) is 0 Å². The van der Waals surface area contributed by atoms with Gasteiger partial charge in [0.05, 0.1) is 11.7 Å². The zero-order valence-electron chi connectivity index (χ0n) is 25.4. The maximum Gasteiger partial charge on any atom is 0.155 e. The average molecular weight is 559 g/mol. The van der Waals surface area contributed by atoms with Crippen LogP contribution in [-0.4, -0.2) is 27.2 Å². The van der Waals surface area contributed by atoms with Gasteiger partial charge < -0.3 is 15.3 Å². The lowest BCUT2D eigenvalue weighted by atomic mass is 9.46. The van der Waals surface area contributed by atoms with Crippen LogP contribution in [0.25, 0.3) is 0 Å². The third-order valence-corrected chi connectivity index (χ3v) is 15.3. The van der Waals surface area contributed by atoms with E-state index < -0.39 is 5.60 Å². The Balaban J connectivity index is 1.18. The molecule has 222 valence electrons. The fraction of sp³-hybridized carbons (Fsp3) is 0.757. The monoisotopic (exact) mass is 558 g/mol. The molecule has 1 aromatic carbocycles. The quantitative estimate of drug-likeness (QED) is 0.337. The van der Waals surface area contributed by atoms with Gasteiger partial charge in [0, 0.05) is 11.8 Å². The molecular formula is C37H50O4. The molecule has 11 atom stereocenters. The van der Waals surface area contributed by atoms with Crippen molar-refractivity contribution in [3.63, 3.8) is 0 Å². The largest absolute Gasteiger partial charge is 0.508 e. The molecule has 0 radical (unpaired) electrons. The second-order valence-corrected chi connectivity index (χ2v) is 16.4. The van der Waals surface area contributed by atoms with E-state index in [4.69, 9.17) is 0 Å². The van der Waals surface area contributed by atoms with Crippen molar-refractivity contribution in [2.24, 2.45) is 45.8 Å². The molecule has 4 nitrogen and oxygen atoms in total. The highest BCUT2D eigenvalue weighted by molar-refractivity contribution is 5.91. The number of ketones is 1. The van der Waals surface area contributed by atoms with E-state index in [1.807, 2.05) is 18.2 Å². The van der Waals surface area contributed by atoms with Gasteiger partial charge in [0.1, 0.15) is 5.75 Å². The lowest BCUT2D eigenvalue weighted by Gasteiger charge is -2.59. The third-order valence-electron chi connectivity index (χ3n) is 15.3. The molecular weight excluding hydrogens is 508 g/mol. The van der Waals surface area contributed by atoms with Crippen molar-refractivity contribution in [3.05, 3.63) is 40.5 Å². The Morgan fingerprint density at radius 2 is 1.56 bits per heavy atom. The fourth-order valence-electron chi connectivity index (χ4n) is 13.0. The first kappa shape index (κ1) is 26.9. The number of phenolic OH excluding ortho intramolecular Hbond substituents is 1. The maximum absolute atomic E-state index is 13.1.